The highest BCUT2D eigenvalue weighted by atomic mass is 19.1. The lowest BCUT2D eigenvalue weighted by Crippen LogP contribution is -2.33. The smallest absolute Gasteiger partial charge is 0.229 e. The molecule has 20 heavy (non-hydrogen) atoms. The predicted molar refractivity (Wildman–Crippen MR) is 76.5 cm³/mol. The Bertz CT molecular complexity index is 554. The number of halogens is 1. The van der Waals surface area contributed by atoms with Crippen molar-refractivity contribution in [1.82, 2.24) is 5.32 Å². The van der Waals surface area contributed by atoms with E-state index in [1.807, 2.05) is 30.3 Å². The van der Waals surface area contributed by atoms with Gasteiger partial charge in [-0.2, -0.15) is 0 Å². The highest BCUT2D eigenvalue weighted by Crippen LogP contribution is 2.14. The summed E-state index contributed by atoms with van der Waals surface area (Å²) < 4.78 is 12.8. The van der Waals surface area contributed by atoms with Crippen molar-refractivity contribution < 1.29 is 9.18 Å². The van der Waals surface area contributed by atoms with E-state index >= 15 is 0 Å². The standard InChI is InChI=1S/C16H17FN2O/c17-14-8-6-12(7-9-14)11-19-16(20)15(10-18)13-4-2-1-3-5-13/h1-9,15H,10-11,18H2,(H,19,20). The second-order valence-corrected chi connectivity index (χ2v) is 4.54. The second-order valence-electron chi connectivity index (χ2n) is 4.54. The van der Waals surface area contributed by atoms with Crippen LogP contribution >= 0.6 is 0 Å². The molecule has 2 aromatic carbocycles. The molecule has 0 aliphatic heterocycles. The fourth-order valence-electron chi connectivity index (χ4n) is 1.99. The number of nitrogens with one attached hydrogen (secondary N) is 1. The molecule has 0 saturated heterocycles. The SMILES string of the molecule is NCC(C(=O)NCc1ccc(F)cc1)c1ccccc1. The number of hydrogen-bond donors (Lipinski definition) is 2. The molecular formula is C16H17FN2O. The number of carbonyl (C=O) groups excluding carboxylic acids is 1. The largest absolute Gasteiger partial charge is 0.351 e. The van der Waals surface area contributed by atoms with Crippen LogP contribution in [0, 0.1) is 5.82 Å². The predicted octanol–water partition coefficient (Wildman–Crippen LogP) is 2.18. The molecule has 0 aromatic heterocycles. The number of carbonyl (C=O) groups is 1. The maximum atomic E-state index is 12.8. The summed E-state index contributed by atoms with van der Waals surface area (Å²) in [7, 11) is 0. The van der Waals surface area contributed by atoms with Crippen LogP contribution in [0.3, 0.4) is 0 Å². The molecule has 0 aliphatic rings. The molecule has 1 atom stereocenters. The Morgan fingerprint density at radius 3 is 2.35 bits per heavy atom. The molecule has 0 radical (unpaired) electrons. The van der Waals surface area contributed by atoms with Crippen molar-refractivity contribution in [3.8, 4) is 0 Å². The molecule has 0 spiro atoms. The average molecular weight is 272 g/mol. The van der Waals surface area contributed by atoms with E-state index in [1.165, 1.54) is 12.1 Å². The average Bonchev–Trinajstić information content (AvgIpc) is 2.48. The van der Waals surface area contributed by atoms with Crippen LogP contribution in [0.25, 0.3) is 0 Å². The van der Waals surface area contributed by atoms with E-state index < -0.39 is 0 Å². The number of amides is 1. The van der Waals surface area contributed by atoms with Gasteiger partial charge in [0.25, 0.3) is 0 Å². The van der Waals surface area contributed by atoms with Crippen LogP contribution in [-0.4, -0.2) is 12.5 Å². The molecule has 1 unspecified atom stereocenters. The van der Waals surface area contributed by atoms with Gasteiger partial charge in [0.1, 0.15) is 5.82 Å². The third kappa shape index (κ3) is 3.65. The topological polar surface area (TPSA) is 55.1 Å². The van der Waals surface area contributed by atoms with Gasteiger partial charge in [0, 0.05) is 13.1 Å². The number of benzene rings is 2. The Morgan fingerprint density at radius 2 is 1.75 bits per heavy atom. The molecule has 0 fully saturated rings. The zero-order valence-electron chi connectivity index (χ0n) is 11.1. The van der Waals surface area contributed by atoms with Crippen LogP contribution in [0.4, 0.5) is 4.39 Å². The van der Waals surface area contributed by atoms with Gasteiger partial charge in [-0.15, -0.1) is 0 Å². The number of hydrogen-bond acceptors (Lipinski definition) is 2. The van der Waals surface area contributed by atoms with Crippen molar-refractivity contribution in [2.45, 2.75) is 12.5 Å². The van der Waals surface area contributed by atoms with Crippen molar-refractivity contribution in [3.05, 3.63) is 71.5 Å². The van der Waals surface area contributed by atoms with E-state index in [0.29, 0.717) is 6.54 Å². The van der Waals surface area contributed by atoms with Gasteiger partial charge in [-0.05, 0) is 23.3 Å². The fourth-order valence-corrected chi connectivity index (χ4v) is 1.99. The third-order valence-corrected chi connectivity index (χ3v) is 3.13. The van der Waals surface area contributed by atoms with Gasteiger partial charge < -0.3 is 11.1 Å². The van der Waals surface area contributed by atoms with Crippen LogP contribution in [0.15, 0.2) is 54.6 Å². The first kappa shape index (κ1) is 14.2. The van der Waals surface area contributed by atoms with Gasteiger partial charge in [-0.1, -0.05) is 42.5 Å². The van der Waals surface area contributed by atoms with Crippen molar-refractivity contribution in [3.63, 3.8) is 0 Å². The maximum Gasteiger partial charge on any atom is 0.229 e. The van der Waals surface area contributed by atoms with E-state index in [1.54, 1.807) is 12.1 Å². The number of rotatable bonds is 5. The molecule has 0 bridgehead atoms. The molecule has 104 valence electrons. The van der Waals surface area contributed by atoms with Crippen LogP contribution in [-0.2, 0) is 11.3 Å². The summed E-state index contributed by atoms with van der Waals surface area (Å²) in [5.41, 5.74) is 7.43. The molecule has 3 nitrogen and oxygen atoms in total. The summed E-state index contributed by atoms with van der Waals surface area (Å²) >= 11 is 0. The molecule has 1 amide bonds. The molecule has 3 N–H and O–H groups in total. The zero-order chi connectivity index (χ0) is 14.4. The molecule has 2 rings (SSSR count). The summed E-state index contributed by atoms with van der Waals surface area (Å²) in [4.78, 5) is 12.1. The minimum atomic E-state index is -0.364. The first-order valence-electron chi connectivity index (χ1n) is 6.48. The van der Waals surface area contributed by atoms with Gasteiger partial charge in [0.15, 0.2) is 0 Å². The van der Waals surface area contributed by atoms with Crippen molar-refractivity contribution in [1.29, 1.82) is 0 Å². The van der Waals surface area contributed by atoms with E-state index in [2.05, 4.69) is 5.32 Å². The summed E-state index contributed by atoms with van der Waals surface area (Å²) in [6.07, 6.45) is 0. The quantitative estimate of drug-likeness (QED) is 0.876. The van der Waals surface area contributed by atoms with E-state index in [9.17, 15) is 9.18 Å². The maximum absolute atomic E-state index is 12.8. The van der Waals surface area contributed by atoms with Crippen LogP contribution in [0.2, 0.25) is 0 Å². The van der Waals surface area contributed by atoms with E-state index in [0.717, 1.165) is 11.1 Å². The minimum Gasteiger partial charge on any atom is -0.351 e. The summed E-state index contributed by atoms with van der Waals surface area (Å²) in [6, 6.07) is 15.5. The van der Waals surface area contributed by atoms with Crippen molar-refractivity contribution in [2.75, 3.05) is 6.54 Å². The first-order chi connectivity index (χ1) is 9.70. The third-order valence-electron chi connectivity index (χ3n) is 3.13. The molecule has 2 aromatic rings. The van der Waals surface area contributed by atoms with Crippen molar-refractivity contribution >= 4 is 5.91 Å². The summed E-state index contributed by atoms with van der Waals surface area (Å²) in [6.45, 7) is 0.613. The minimum absolute atomic E-state index is 0.122. The zero-order valence-corrected chi connectivity index (χ0v) is 11.1. The Morgan fingerprint density at radius 1 is 1.10 bits per heavy atom. The van der Waals surface area contributed by atoms with Gasteiger partial charge >= 0.3 is 0 Å². The molecule has 4 heteroatoms. The Kier molecular flexibility index (Phi) is 4.85. The van der Waals surface area contributed by atoms with Gasteiger partial charge in [0.05, 0.1) is 5.92 Å². The van der Waals surface area contributed by atoms with Crippen LogP contribution < -0.4 is 11.1 Å². The van der Waals surface area contributed by atoms with Crippen molar-refractivity contribution in [2.24, 2.45) is 5.73 Å². The van der Waals surface area contributed by atoms with Gasteiger partial charge in [-0.3, -0.25) is 4.79 Å². The van der Waals surface area contributed by atoms with Gasteiger partial charge in [-0.25, -0.2) is 4.39 Å². The lowest BCUT2D eigenvalue weighted by atomic mass is 9.98. The Balaban J connectivity index is 1.98. The fraction of sp³-hybridized carbons (Fsp3) is 0.188. The molecule has 0 saturated carbocycles. The Hall–Kier alpha value is -2.20. The summed E-state index contributed by atoms with van der Waals surface area (Å²) in [5.74, 6) is -0.774. The lowest BCUT2D eigenvalue weighted by Gasteiger charge is -2.15. The molecule has 0 heterocycles. The monoisotopic (exact) mass is 272 g/mol. The van der Waals surface area contributed by atoms with E-state index in [4.69, 9.17) is 5.73 Å². The second kappa shape index (κ2) is 6.82. The normalized spacial score (nSPS) is 11.9. The number of nitrogens with two attached hydrogens (primary N) is 1. The molecular weight excluding hydrogens is 255 g/mol. The highest BCUT2D eigenvalue weighted by Gasteiger charge is 2.18. The van der Waals surface area contributed by atoms with Gasteiger partial charge in [0.2, 0.25) is 5.91 Å². The Labute approximate surface area is 117 Å². The van der Waals surface area contributed by atoms with Crippen LogP contribution in [0.5, 0.6) is 0 Å². The van der Waals surface area contributed by atoms with E-state index in [-0.39, 0.29) is 24.2 Å². The lowest BCUT2D eigenvalue weighted by molar-refractivity contribution is -0.122. The highest BCUT2D eigenvalue weighted by molar-refractivity contribution is 5.83. The molecule has 0 aliphatic carbocycles. The summed E-state index contributed by atoms with van der Waals surface area (Å²) in [5, 5.41) is 2.83. The first-order valence-corrected chi connectivity index (χ1v) is 6.48. The van der Waals surface area contributed by atoms with Crippen LogP contribution in [0.1, 0.15) is 17.0 Å².